The van der Waals surface area contributed by atoms with Crippen LogP contribution in [0.1, 0.15) is 20.8 Å². The Labute approximate surface area is 73.3 Å². The second-order valence-electron chi connectivity index (χ2n) is 3.74. The lowest BCUT2D eigenvalue weighted by atomic mass is 10.2. The number of hydrogen-bond donors (Lipinski definition) is 0. The van der Waals surface area contributed by atoms with Crippen molar-refractivity contribution in [3.63, 3.8) is 0 Å². The van der Waals surface area contributed by atoms with Gasteiger partial charge in [0.15, 0.2) is 0 Å². The topological polar surface area (TPSA) is 33.0 Å². The van der Waals surface area contributed by atoms with Crippen LogP contribution >= 0.6 is 0 Å². The summed E-state index contributed by atoms with van der Waals surface area (Å²) in [4.78, 5) is 0. The Balaban J connectivity index is 2.71. The van der Waals surface area contributed by atoms with Gasteiger partial charge in [0, 0.05) is 0 Å². The predicted octanol–water partition coefficient (Wildman–Crippen LogP) is 2.78. The van der Waals surface area contributed by atoms with Crippen molar-refractivity contribution in [3.8, 4) is 5.75 Å². The fourth-order valence-corrected chi connectivity index (χ4v) is 0.877. The minimum atomic E-state index is -0.163. The second kappa shape index (κ2) is 3.05. The van der Waals surface area contributed by atoms with Crippen molar-refractivity contribution in [1.29, 1.82) is 0 Å². The summed E-state index contributed by atoms with van der Waals surface area (Å²) in [6.45, 7) is 6.00. The molecule has 0 aromatic heterocycles. The Kier molecular flexibility index (Phi) is 2.27. The van der Waals surface area contributed by atoms with Gasteiger partial charge in [-0.1, -0.05) is 0 Å². The molecular weight excluding hydrogens is 150 g/mol. The molecule has 0 atom stereocenters. The van der Waals surface area contributed by atoms with Gasteiger partial charge in [0.1, 0.15) is 11.4 Å². The van der Waals surface area contributed by atoms with Crippen molar-refractivity contribution in [3.05, 3.63) is 24.3 Å². The molecule has 0 fully saturated rings. The summed E-state index contributed by atoms with van der Waals surface area (Å²) in [6, 6.07) is 7.07. The average Bonchev–Trinajstić information content (AvgIpc) is 1.91. The largest absolute Gasteiger partial charge is 0.488 e. The first-order valence-corrected chi connectivity index (χ1v) is 3.98. The summed E-state index contributed by atoms with van der Waals surface area (Å²) in [5.74, 6) is 0.818. The van der Waals surface area contributed by atoms with Gasteiger partial charge in [-0.05, 0) is 45.0 Å². The highest BCUT2D eigenvalue weighted by Gasteiger charge is 2.10. The lowest BCUT2D eigenvalue weighted by molar-refractivity contribution is 0.131. The maximum absolute atomic E-state index is 7.27. The third-order valence-electron chi connectivity index (χ3n) is 1.28. The molecule has 0 aliphatic heterocycles. The standard InChI is InChI=1S/C10H14NO/c1-10(2,3)12-9-6-4-8(11)5-7-9/h4-7,11H,1-3H3. The van der Waals surface area contributed by atoms with E-state index in [4.69, 9.17) is 10.5 Å². The lowest BCUT2D eigenvalue weighted by Crippen LogP contribution is -2.22. The van der Waals surface area contributed by atoms with Gasteiger partial charge in [0.25, 0.3) is 0 Å². The molecule has 1 rings (SSSR count). The molecule has 0 bridgehead atoms. The molecule has 0 spiro atoms. The molecule has 65 valence electrons. The monoisotopic (exact) mass is 164 g/mol. The normalized spacial score (nSPS) is 11.2. The Morgan fingerprint density at radius 2 is 1.58 bits per heavy atom. The molecule has 0 unspecified atom stereocenters. The minimum absolute atomic E-state index is 0.163. The van der Waals surface area contributed by atoms with E-state index in [9.17, 15) is 0 Å². The molecule has 2 heteroatoms. The molecule has 0 aliphatic rings. The second-order valence-corrected chi connectivity index (χ2v) is 3.74. The van der Waals surface area contributed by atoms with Gasteiger partial charge in [0.05, 0.1) is 5.69 Å². The first-order valence-electron chi connectivity index (χ1n) is 3.98. The van der Waals surface area contributed by atoms with E-state index in [2.05, 4.69) is 0 Å². The zero-order valence-corrected chi connectivity index (χ0v) is 7.72. The Morgan fingerprint density at radius 3 is 2.00 bits per heavy atom. The number of rotatable bonds is 1. The van der Waals surface area contributed by atoms with Crippen LogP contribution in [0, 0.1) is 0 Å². The highest BCUT2D eigenvalue weighted by atomic mass is 16.5. The van der Waals surface area contributed by atoms with E-state index in [0.717, 1.165) is 5.75 Å². The fraction of sp³-hybridized carbons (Fsp3) is 0.400. The van der Waals surface area contributed by atoms with Gasteiger partial charge in [-0.3, -0.25) is 0 Å². The average molecular weight is 164 g/mol. The van der Waals surface area contributed by atoms with E-state index in [1.807, 2.05) is 32.9 Å². The van der Waals surface area contributed by atoms with Crippen LogP contribution in [-0.4, -0.2) is 5.60 Å². The van der Waals surface area contributed by atoms with E-state index in [1.165, 1.54) is 0 Å². The van der Waals surface area contributed by atoms with Crippen molar-refractivity contribution < 1.29 is 4.74 Å². The summed E-state index contributed by atoms with van der Waals surface area (Å²) in [5.41, 5.74) is 7.61. The van der Waals surface area contributed by atoms with Crippen molar-refractivity contribution in [2.24, 2.45) is 0 Å². The van der Waals surface area contributed by atoms with E-state index in [1.54, 1.807) is 12.1 Å². The molecule has 0 heterocycles. The molecule has 2 nitrogen and oxygen atoms in total. The van der Waals surface area contributed by atoms with E-state index < -0.39 is 0 Å². The first-order chi connectivity index (χ1) is 5.47. The maximum Gasteiger partial charge on any atom is 0.120 e. The zero-order chi connectivity index (χ0) is 9.19. The van der Waals surface area contributed by atoms with E-state index in [-0.39, 0.29) is 5.60 Å². The Hall–Kier alpha value is -1.18. The molecule has 1 aromatic carbocycles. The molecule has 1 radical (unpaired) electrons. The third-order valence-corrected chi connectivity index (χ3v) is 1.28. The third kappa shape index (κ3) is 2.82. The Bertz CT molecular complexity index is 246. The summed E-state index contributed by atoms with van der Waals surface area (Å²) in [6.07, 6.45) is 0. The number of nitrogens with one attached hydrogen (secondary N) is 1. The molecule has 0 saturated heterocycles. The van der Waals surface area contributed by atoms with E-state index in [0.29, 0.717) is 5.69 Å². The van der Waals surface area contributed by atoms with Gasteiger partial charge < -0.3 is 10.5 Å². The number of hydrogen-bond acceptors (Lipinski definition) is 1. The van der Waals surface area contributed by atoms with Gasteiger partial charge in [-0.25, -0.2) is 0 Å². The molecule has 1 N–H and O–H groups in total. The van der Waals surface area contributed by atoms with E-state index >= 15 is 0 Å². The summed E-state index contributed by atoms with van der Waals surface area (Å²) in [5, 5.41) is 0. The highest BCUT2D eigenvalue weighted by molar-refractivity contribution is 5.38. The molecule has 0 aliphatic carbocycles. The van der Waals surface area contributed by atoms with Gasteiger partial charge >= 0.3 is 0 Å². The van der Waals surface area contributed by atoms with Crippen molar-refractivity contribution in [2.45, 2.75) is 26.4 Å². The molecule has 1 aromatic rings. The van der Waals surface area contributed by atoms with Crippen molar-refractivity contribution in [2.75, 3.05) is 0 Å². The highest BCUT2D eigenvalue weighted by Crippen LogP contribution is 2.19. The number of benzene rings is 1. The van der Waals surface area contributed by atoms with Crippen LogP contribution < -0.4 is 10.5 Å². The van der Waals surface area contributed by atoms with Crippen LogP contribution in [0.4, 0.5) is 5.69 Å². The van der Waals surface area contributed by atoms with Gasteiger partial charge in [0.2, 0.25) is 0 Å². The van der Waals surface area contributed by atoms with Crippen molar-refractivity contribution in [1.82, 2.24) is 5.73 Å². The smallest absolute Gasteiger partial charge is 0.120 e. The van der Waals surface area contributed by atoms with Crippen molar-refractivity contribution >= 4 is 5.69 Å². The summed E-state index contributed by atoms with van der Waals surface area (Å²) < 4.78 is 5.57. The van der Waals surface area contributed by atoms with Crippen LogP contribution in [0.2, 0.25) is 0 Å². The maximum atomic E-state index is 7.27. The summed E-state index contributed by atoms with van der Waals surface area (Å²) >= 11 is 0. The van der Waals surface area contributed by atoms with Crippen LogP contribution in [0.5, 0.6) is 5.75 Å². The van der Waals surface area contributed by atoms with Gasteiger partial charge in [-0.2, -0.15) is 0 Å². The van der Waals surface area contributed by atoms with Crippen LogP contribution in [0.3, 0.4) is 0 Å². The quantitative estimate of drug-likeness (QED) is 0.628. The molecule has 0 amide bonds. The first kappa shape index (κ1) is 8.91. The van der Waals surface area contributed by atoms with Crippen LogP contribution in [0.25, 0.3) is 0 Å². The van der Waals surface area contributed by atoms with Gasteiger partial charge in [-0.15, -0.1) is 0 Å². The number of ether oxygens (including phenoxy) is 1. The zero-order valence-electron chi connectivity index (χ0n) is 7.72. The predicted molar refractivity (Wildman–Crippen MR) is 49.6 cm³/mol. The van der Waals surface area contributed by atoms with Crippen LogP contribution in [0.15, 0.2) is 24.3 Å². The minimum Gasteiger partial charge on any atom is -0.488 e. The van der Waals surface area contributed by atoms with Crippen LogP contribution in [-0.2, 0) is 0 Å². The molecule has 0 saturated carbocycles. The lowest BCUT2D eigenvalue weighted by Gasteiger charge is -2.21. The molecular formula is C10H14NO. The molecule has 12 heavy (non-hydrogen) atoms. The SMILES string of the molecule is CC(C)(C)Oc1ccc([NH])cc1. The Morgan fingerprint density at radius 1 is 1.08 bits per heavy atom. The fourth-order valence-electron chi connectivity index (χ4n) is 0.877. The summed E-state index contributed by atoms with van der Waals surface area (Å²) in [7, 11) is 0.